The van der Waals surface area contributed by atoms with Crippen molar-refractivity contribution in [1.29, 1.82) is 0 Å². The molecule has 0 saturated carbocycles. The van der Waals surface area contributed by atoms with Crippen LogP contribution in [0.1, 0.15) is 15.2 Å². The molecule has 3 aromatic carbocycles. The summed E-state index contributed by atoms with van der Waals surface area (Å²) in [5.41, 5.74) is 1.64. The van der Waals surface area contributed by atoms with Crippen LogP contribution in [-0.4, -0.2) is 25.1 Å². The third-order valence-electron chi connectivity index (χ3n) is 5.29. The molecule has 5 aromatic rings. The summed E-state index contributed by atoms with van der Waals surface area (Å²) >= 11 is 9.45. The minimum absolute atomic E-state index is 0.193. The molecule has 0 fully saturated rings. The van der Waals surface area contributed by atoms with Crippen molar-refractivity contribution in [2.24, 2.45) is 0 Å². The lowest BCUT2D eigenvalue weighted by Gasteiger charge is -2.19. The number of carbonyl (C=O) groups is 1. The monoisotopic (exact) mass is 494 g/mol. The Balaban J connectivity index is 1.66. The Kier molecular flexibility index (Phi) is 5.93. The van der Waals surface area contributed by atoms with Crippen molar-refractivity contribution in [2.45, 2.75) is 6.54 Å². The quantitative estimate of drug-likeness (QED) is 0.254. The number of methoxy groups -OCH3 is 2. The SMILES string of the molecule is COc1ccc(OC)c2sc(N(Cc3ccccc3)C(=O)c3sc4ccccc4c3Cl)nc12. The van der Waals surface area contributed by atoms with E-state index in [1.807, 2.05) is 66.7 Å². The predicted molar refractivity (Wildman–Crippen MR) is 137 cm³/mol. The van der Waals surface area contributed by atoms with Gasteiger partial charge in [0, 0.05) is 10.1 Å². The number of rotatable bonds is 6. The second kappa shape index (κ2) is 9.02. The van der Waals surface area contributed by atoms with Gasteiger partial charge in [-0.15, -0.1) is 11.3 Å². The predicted octanol–water partition coefficient (Wildman–Crippen LogP) is 7.03. The molecule has 1 amide bonds. The summed E-state index contributed by atoms with van der Waals surface area (Å²) in [6, 6.07) is 21.3. The molecule has 0 aliphatic heterocycles. The molecule has 0 radical (unpaired) electrons. The highest BCUT2D eigenvalue weighted by Gasteiger charge is 2.27. The zero-order valence-corrected chi connectivity index (χ0v) is 20.3. The van der Waals surface area contributed by atoms with Crippen LogP contribution in [0.15, 0.2) is 66.7 Å². The van der Waals surface area contributed by atoms with Crippen LogP contribution >= 0.6 is 34.3 Å². The number of amides is 1. The molecule has 0 aliphatic rings. The Morgan fingerprint density at radius 3 is 2.36 bits per heavy atom. The van der Waals surface area contributed by atoms with E-state index < -0.39 is 0 Å². The van der Waals surface area contributed by atoms with Crippen molar-refractivity contribution in [3.63, 3.8) is 0 Å². The molecule has 0 bridgehead atoms. The number of fused-ring (bicyclic) bond motifs is 2. The lowest BCUT2D eigenvalue weighted by atomic mass is 10.2. The van der Waals surface area contributed by atoms with Crippen molar-refractivity contribution < 1.29 is 14.3 Å². The highest BCUT2D eigenvalue weighted by molar-refractivity contribution is 7.23. The highest BCUT2D eigenvalue weighted by Crippen LogP contribution is 2.42. The first-order valence-corrected chi connectivity index (χ1v) is 12.2. The third-order valence-corrected chi connectivity index (χ3v) is 8.04. The second-order valence-electron chi connectivity index (χ2n) is 7.26. The Morgan fingerprint density at radius 1 is 0.939 bits per heavy atom. The minimum atomic E-state index is -0.193. The van der Waals surface area contributed by atoms with Gasteiger partial charge in [-0.05, 0) is 23.8 Å². The molecule has 2 aromatic heterocycles. The summed E-state index contributed by atoms with van der Waals surface area (Å²) in [5, 5.41) is 1.89. The van der Waals surface area contributed by atoms with Gasteiger partial charge in [-0.3, -0.25) is 9.69 Å². The number of hydrogen-bond acceptors (Lipinski definition) is 6. The summed E-state index contributed by atoms with van der Waals surface area (Å²) in [6.07, 6.45) is 0. The van der Waals surface area contributed by atoms with Crippen LogP contribution in [0.25, 0.3) is 20.3 Å². The van der Waals surface area contributed by atoms with E-state index in [4.69, 9.17) is 26.1 Å². The van der Waals surface area contributed by atoms with Crippen LogP contribution in [0.2, 0.25) is 5.02 Å². The first kappa shape index (κ1) is 21.7. The number of halogens is 1. The summed E-state index contributed by atoms with van der Waals surface area (Å²) in [4.78, 5) is 20.8. The first-order chi connectivity index (χ1) is 16.1. The number of anilines is 1. The van der Waals surface area contributed by atoms with Gasteiger partial charge in [-0.2, -0.15) is 0 Å². The van der Waals surface area contributed by atoms with Crippen molar-refractivity contribution >= 4 is 65.6 Å². The molecule has 0 aliphatic carbocycles. The highest BCUT2D eigenvalue weighted by atomic mass is 35.5. The van der Waals surface area contributed by atoms with Gasteiger partial charge in [0.25, 0.3) is 5.91 Å². The van der Waals surface area contributed by atoms with Gasteiger partial charge in [-0.25, -0.2) is 4.98 Å². The van der Waals surface area contributed by atoms with Crippen molar-refractivity contribution in [2.75, 3.05) is 19.1 Å². The van der Waals surface area contributed by atoms with Crippen LogP contribution < -0.4 is 14.4 Å². The number of carbonyl (C=O) groups excluding carboxylic acids is 1. The fourth-order valence-electron chi connectivity index (χ4n) is 3.66. The second-order valence-corrected chi connectivity index (χ2v) is 9.67. The van der Waals surface area contributed by atoms with Crippen molar-refractivity contribution in [3.8, 4) is 11.5 Å². The molecule has 166 valence electrons. The van der Waals surface area contributed by atoms with Gasteiger partial charge >= 0.3 is 0 Å². The van der Waals surface area contributed by atoms with E-state index in [2.05, 4.69) is 0 Å². The van der Waals surface area contributed by atoms with Gasteiger partial charge in [0.05, 0.1) is 25.8 Å². The molecule has 33 heavy (non-hydrogen) atoms. The van der Waals surface area contributed by atoms with Crippen LogP contribution in [0.4, 0.5) is 5.13 Å². The summed E-state index contributed by atoms with van der Waals surface area (Å²) < 4.78 is 12.8. The normalized spacial score (nSPS) is 11.1. The molecule has 8 heteroatoms. The van der Waals surface area contributed by atoms with Gasteiger partial charge in [0.15, 0.2) is 5.13 Å². The van der Waals surface area contributed by atoms with Crippen LogP contribution in [0.5, 0.6) is 11.5 Å². The van der Waals surface area contributed by atoms with E-state index in [0.29, 0.717) is 38.6 Å². The largest absolute Gasteiger partial charge is 0.495 e. The average molecular weight is 495 g/mol. The molecule has 0 N–H and O–H groups in total. The fourth-order valence-corrected chi connectivity index (χ4v) is 6.19. The van der Waals surface area contributed by atoms with Crippen molar-refractivity contribution in [1.82, 2.24) is 4.98 Å². The molecule has 5 rings (SSSR count). The van der Waals surface area contributed by atoms with E-state index in [9.17, 15) is 4.79 Å². The number of thiophene rings is 1. The Morgan fingerprint density at radius 2 is 1.64 bits per heavy atom. The number of thiazole rings is 1. The zero-order chi connectivity index (χ0) is 22.9. The Bertz CT molecular complexity index is 1420. The van der Waals surface area contributed by atoms with Crippen LogP contribution in [0.3, 0.4) is 0 Å². The smallest absolute Gasteiger partial charge is 0.272 e. The summed E-state index contributed by atoms with van der Waals surface area (Å²) in [5.74, 6) is 1.11. The molecular formula is C25H19ClN2O3S2. The fraction of sp³-hybridized carbons (Fsp3) is 0.120. The molecule has 0 atom stereocenters. The molecule has 2 heterocycles. The lowest BCUT2D eigenvalue weighted by Crippen LogP contribution is -2.29. The Hall–Kier alpha value is -3.13. The molecule has 0 spiro atoms. The Labute approximate surface area is 203 Å². The van der Waals surface area contributed by atoms with E-state index >= 15 is 0 Å². The van der Waals surface area contributed by atoms with Gasteiger partial charge in [-0.1, -0.05) is 71.5 Å². The first-order valence-electron chi connectivity index (χ1n) is 10.1. The van der Waals surface area contributed by atoms with Gasteiger partial charge < -0.3 is 9.47 Å². The lowest BCUT2D eigenvalue weighted by molar-refractivity contribution is 0.0989. The molecule has 0 unspecified atom stereocenters. The van der Waals surface area contributed by atoms with E-state index in [1.54, 1.807) is 19.1 Å². The van der Waals surface area contributed by atoms with Gasteiger partial charge in [0.1, 0.15) is 26.6 Å². The van der Waals surface area contributed by atoms with Crippen LogP contribution in [0, 0.1) is 0 Å². The summed E-state index contributed by atoms with van der Waals surface area (Å²) in [6.45, 7) is 0.356. The van der Waals surface area contributed by atoms with E-state index in [0.717, 1.165) is 20.3 Å². The zero-order valence-electron chi connectivity index (χ0n) is 17.9. The maximum Gasteiger partial charge on any atom is 0.272 e. The number of nitrogens with zero attached hydrogens (tertiary/aromatic N) is 2. The molecular weight excluding hydrogens is 476 g/mol. The average Bonchev–Trinajstić information content (AvgIpc) is 3.44. The number of aromatic nitrogens is 1. The standard InChI is InChI=1S/C25H19ClN2O3S2/c1-30-17-12-13-18(31-2)22-21(17)27-25(33-22)28(14-15-8-4-3-5-9-15)24(29)23-20(26)16-10-6-7-11-19(16)32-23/h3-13H,14H2,1-2H3. The van der Waals surface area contributed by atoms with Gasteiger partial charge in [0.2, 0.25) is 0 Å². The molecule has 0 saturated heterocycles. The third kappa shape index (κ3) is 3.93. The summed E-state index contributed by atoms with van der Waals surface area (Å²) in [7, 11) is 3.22. The minimum Gasteiger partial charge on any atom is -0.495 e. The maximum absolute atomic E-state index is 13.9. The molecule has 5 nitrogen and oxygen atoms in total. The number of ether oxygens (including phenoxy) is 2. The topological polar surface area (TPSA) is 51.7 Å². The van der Waals surface area contributed by atoms with Crippen molar-refractivity contribution in [3.05, 3.63) is 82.2 Å². The van der Waals surface area contributed by atoms with E-state index in [1.165, 1.54) is 22.7 Å². The van der Waals surface area contributed by atoms with Crippen LogP contribution in [-0.2, 0) is 6.54 Å². The number of benzene rings is 3. The maximum atomic E-state index is 13.9. The number of hydrogen-bond donors (Lipinski definition) is 0. The van der Waals surface area contributed by atoms with E-state index in [-0.39, 0.29) is 5.91 Å².